The smallest absolute Gasteiger partial charge is 0.263 e. The van der Waals surface area contributed by atoms with Crippen LogP contribution in [0.4, 0.5) is 11.5 Å². The largest absolute Gasteiger partial charge is 0.436 e. The molecule has 1 aliphatic heterocycles. The minimum absolute atomic E-state index is 0.159. The first-order chi connectivity index (χ1) is 14.7. The second kappa shape index (κ2) is 9.63. The van der Waals surface area contributed by atoms with Crippen LogP contribution in [0, 0.1) is 0 Å². The molecule has 7 heteroatoms. The summed E-state index contributed by atoms with van der Waals surface area (Å²) < 4.78 is 6.00. The number of piperidine rings is 1. The van der Waals surface area contributed by atoms with Crippen molar-refractivity contribution < 1.29 is 9.53 Å². The summed E-state index contributed by atoms with van der Waals surface area (Å²) in [5, 5.41) is 2.93. The highest BCUT2D eigenvalue weighted by Gasteiger charge is 2.18. The molecule has 0 saturated carbocycles. The number of nitrogens with one attached hydrogen (secondary N) is 1. The number of aromatic nitrogens is 2. The normalized spacial score (nSPS) is 13.7. The third-order valence-electron chi connectivity index (χ3n) is 4.96. The van der Waals surface area contributed by atoms with Crippen LogP contribution in [-0.4, -0.2) is 35.2 Å². The van der Waals surface area contributed by atoms with E-state index >= 15 is 0 Å². The van der Waals surface area contributed by atoms with Crippen LogP contribution in [-0.2, 0) is 0 Å². The Morgan fingerprint density at radius 3 is 2.57 bits per heavy atom. The number of benzene rings is 2. The molecule has 0 spiro atoms. The molecule has 3 aromatic rings. The van der Waals surface area contributed by atoms with Gasteiger partial charge in [-0.3, -0.25) is 4.79 Å². The standard InChI is InChI=1S/C23H24N4O2S/c1-30-20-7-5-6-18(16-20)26-22(28)17-8-10-19(11-9-17)29-23-21(24-12-13-25-23)27-14-3-2-4-15-27/h5-13,16H,2-4,14-15H2,1H3,(H,26,28). The molecule has 0 aliphatic carbocycles. The molecule has 0 unspecified atom stereocenters. The Balaban J connectivity index is 1.44. The maximum Gasteiger partial charge on any atom is 0.263 e. The van der Waals surface area contributed by atoms with E-state index in [-0.39, 0.29) is 5.91 Å². The maximum atomic E-state index is 12.6. The van der Waals surface area contributed by atoms with Crippen molar-refractivity contribution in [3.05, 3.63) is 66.5 Å². The number of carbonyl (C=O) groups excluding carboxylic acids is 1. The quantitative estimate of drug-likeness (QED) is 0.551. The van der Waals surface area contributed by atoms with E-state index in [9.17, 15) is 4.79 Å². The molecule has 1 N–H and O–H groups in total. The fourth-order valence-corrected chi connectivity index (χ4v) is 3.86. The Morgan fingerprint density at radius 1 is 1.03 bits per heavy atom. The van der Waals surface area contributed by atoms with Crippen LogP contribution in [0.2, 0.25) is 0 Å². The molecule has 2 heterocycles. The van der Waals surface area contributed by atoms with Crippen molar-refractivity contribution in [2.45, 2.75) is 24.2 Å². The van der Waals surface area contributed by atoms with E-state index < -0.39 is 0 Å². The summed E-state index contributed by atoms with van der Waals surface area (Å²) in [6.45, 7) is 1.93. The molecule has 0 atom stereocenters. The monoisotopic (exact) mass is 420 g/mol. The van der Waals surface area contributed by atoms with Crippen LogP contribution < -0.4 is 15.0 Å². The number of carbonyl (C=O) groups is 1. The van der Waals surface area contributed by atoms with E-state index in [0.717, 1.165) is 42.3 Å². The number of thioether (sulfide) groups is 1. The summed E-state index contributed by atoms with van der Waals surface area (Å²) in [5.41, 5.74) is 1.34. The van der Waals surface area contributed by atoms with Gasteiger partial charge in [-0.2, -0.15) is 0 Å². The zero-order valence-electron chi connectivity index (χ0n) is 16.9. The van der Waals surface area contributed by atoms with Crippen molar-refractivity contribution in [1.82, 2.24) is 9.97 Å². The van der Waals surface area contributed by atoms with Crippen LogP contribution in [0.15, 0.2) is 65.8 Å². The second-order valence-corrected chi connectivity index (χ2v) is 7.92. The van der Waals surface area contributed by atoms with Crippen LogP contribution in [0.3, 0.4) is 0 Å². The number of nitrogens with zero attached hydrogens (tertiary/aromatic N) is 3. The number of amides is 1. The molecule has 1 amide bonds. The molecular weight excluding hydrogens is 396 g/mol. The first kappa shape index (κ1) is 20.2. The first-order valence-corrected chi connectivity index (χ1v) is 11.2. The summed E-state index contributed by atoms with van der Waals surface area (Å²) in [5.74, 6) is 1.72. The molecule has 0 radical (unpaired) electrons. The third-order valence-corrected chi connectivity index (χ3v) is 5.69. The molecule has 1 aliphatic rings. The molecule has 1 aromatic heterocycles. The Labute approximate surface area is 180 Å². The van der Waals surface area contributed by atoms with Gasteiger partial charge in [0.2, 0.25) is 0 Å². The van der Waals surface area contributed by atoms with Crippen LogP contribution >= 0.6 is 11.8 Å². The van der Waals surface area contributed by atoms with Crippen LogP contribution in [0.1, 0.15) is 29.6 Å². The molecule has 1 fully saturated rings. The van der Waals surface area contributed by atoms with Crippen molar-refractivity contribution in [3.8, 4) is 11.6 Å². The lowest BCUT2D eigenvalue weighted by atomic mass is 10.1. The van der Waals surface area contributed by atoms with Gasteiger partial charge in [-0.25, -0.2) is 9.97 Å². The topological polar surface area (TPSA) is 67.3 Å². The van der Waals surface area contributed by atoms with Crippen molar-refractivity contribution in [3.63, 3.8) is 0 Å². The number of rotatable bonds is 6. The summed E-state index contributed by atoms with van der Waals surface area (Å²) >= 11 is 1.64. The molecule has 30 heavy (non-hydrogen) atoms. The SMILES string of the molecule is CSc1cccc(NC(=O)c2ccc(Oc3nccnc3N3CCCCC3)cc2)c1. The number of hydrogen-bond donors (Lipinski definition) is 1. The molecule has 2 aromatic carbocycles. The Bertz CT molecular complexity index is 1000. The van der Waals surface area contributed by atoms with E-state index in [2.05, 4.69) is 20.2 Å². The highest BCUT2D eigenvalue weighted by Crippen LogP contribution is 2.30. The number of anilines is 2. The summed E-state index contributed by atoms with van der Waals surface area (Å²) in [4.78, 5) is 24.7. The lowest BCUT2D eigenvalue weighted by Gasteiger charge is -2.28. The van der Waals surface area contributed by atoms with Gasteiger partial charge < -0.3 is 15.0 Å². The molecule has 0 bridgehead atoms. The highest BCUT2D eigenvalue weighted by atomic mass is 32.2. The Kier molecular flexibility index (Phi) is 6.49. The van der Waals surface area contributed by atoms with Gasteiger partial charge in [-0.05, 0) is 68.0 Å². The zero-order chi connectivity index (χ0) is 20.8. The van der Waals surface area contributed by atoms with Gasteiger partial charge in [0.15, 0.2) is 5.82 Å². The summed E-state index contributed by atoms with van der Waals surface area (Å²) in [6.07, 6.45) is 8.88. The molecule has 6 nitrogen and oxygen atoms in total. The molecular formula is C23H24N4O2S. The van der Waals surface area contributed by atoms with Crippen molar-refractivity contribution in [2.75, 3.05) is 29.6 Å². The van der Waals surface area contributed by atoms with E-state index in [1.807, 2.05) is 30.5 Å². The average molecular weight is 421 g/mol. The molecule has 154 valence electrons. The fraction of sp³-hybridized carbons (Fsp3) is 0.261. The highest BCUT2D eigenvalue weighted by molar-refractivity contribution is 7.98. The van der Waals surface area contributed by atoms with Crippen molar-refractivity contribution >= 4 is 29.2 Å². The van der Waals surface area contributed by atoms with Crippen LogP contribution in [0.5, 0.6) is 11.6 Å². The molecule has 4 rings (SSSR count). The molecule has 1 saturated heterocycles. The fourth-order valence-electron chi connectivity index (χ4n) is 3.40. The third kappa shape index (κ3) is 4.91. The summed E-state index contributed by atoms with van der Waals surface area (Å²) in [6, 6.07) is 14.8. The van der Waals surface area contributed by atoms with Gasteiger partial charge in [0.1, 0.15) is 5.75 Å². The van der Waals surface area contributed by atoms with Gasteiger partial charge in [-0.15, -0.1) is 11.8 Å². The van der Waals surface area contributed by atoms with Gasteiger partial charge >= 0.3 is 0 Å². The van der Waals surface area contributed by atoms with Gasteiger partial charge in [0.05, 0.1) is 0 Å². The number of ether oxygens (including phenoxy) is 1. The predicted molar refractivity (Wildman–Crippen MR) is 121 cm³/mol. The van der Waals surface area contributed by atoms with Crippen molar-refractivity contribution in [2.24, 2.45) is 0 Å². The minimum Gasteiger partial charge on any atom is -0.436 e. The van der Waals surface area contributed by atoms with Gasteiger partial charge in [-0.1, -0.05) is 6.07 Å². The summed E-state index contributed by atoms with van der Waals surface area (Å²) in [7, 11) is 0. The van der Waals surface area contributed by atoms with Crippen LogP contribution in [0.25, 0.3) is 0 Å². The van der Waals surface area contributed by atoms with E-state index in [1.54, 1.807) is 48.4 Å². The number of hydrogen-bond acceptors (Lipinski definition) is 6. The predicted octanol–water partition coefficient (Wildman–Crippen LogP) is 5.23. The van der Waals surface area contributed by atoms with Gasteiger partial charge in [0.25, 0.3) is 11.8 Å². The van der Waals surface area contributed by atoms with Gasteiger partial charge in [0, 0.05) is 41.6 Å². The van der Waals surface area contributed by atoms with E-state index in [4.69, 9.17) is 4.74 Å². The van der Waals surface area contributed by atoms with E-state index in [1.165, 1.54) is 6.42 Å². The lowest BCUT2D eigenvalue weighted by molar-refractivity contribution is 0.102. The lowest BCUT2D eigenvalue weighted by Crippen LogP contribution is -2.30. The first-order valence-electron chi connectivity index (χ1n) is 10.0. The maximum absolute atomic E-state index is 12.6. The minimum atomic E-state index is -0.159. The second-order valence-electron chi connectivity index (χ2n) is 7.05. The average Bonchev–Trinajstić information content (AvgIpc) is 2.80. The van der Waals surface area contributed by atoms with E-state index in [0.29, 0.717) is 17.2 Å². The zero-order valence-corrected chi connectivity index (χ0v) is 17.7. The Hall–Kier alpha value is -3.06. The Morgan fingerprint density at radius 2 is 1.80 bits per heavy atom. The van der Waals surface area contributed by atoms with Crippen molar-refractivity contribution in [1.29, 1.82) is 0 Å².